The summed E-state index contributed by atoms with van der Waals surface area (Å²) >= 11 is 0. The Morgan fingerprint density at radius 1 is 1.23 bits per heavy atom. The van der Waals surface area contributed by atoms with E-state index in [1.165, 1.54) is 12.8 Å². The van der Waals surface area contributed by atoms with Crippen molar-refractivity contribution in [1.82, 2.24) is 25.4 Å². The molecule has 0 bridgehead atoms. The average Bonchev–Trinajstić information content (AvgIpc) is 3.08. The predicted octanol–water partition coefficient (Wildman–Crippen LogP) is 2.11. The van der Waals surface area contributed by atoms with Crippen LogP contribution in [0, 0.1) is 6.92 Å². The second kappa shape index (κ2) is 5.64. The lowest BCUT2D eigenvalue weighted by Gasteiger charge is -2.13. The SMILES string of the molecule is Cc1ccc(NC[C@H]2CC[C@@H](c3nc(C4CC4)n[nH]3)O2)nn1. The Hall–Kier alpha value is -2.02. The van der Waals surface area contributed by atoms with E-state index in [4.69, 9.17) is 4.74 Å². The first-order valence-corrected chi connectivity index (χ1v) is 7.90. The first-order valence-electron chi connectivity index (χ1n) is 7.90. The molecular formula is C15H20N6O. The van der Waals surface area contributed by atoms with Crippen LogP contribution in [0.1, 0.15) is 55.0 Å². The molecule has 2 aliphatic rings. The van der Waals surface area contributed by atoms with Gasteiger partial charge in [-0.15, -0.1) is 5.10 Å². The fourth-order valence-corrected chi connectivity index (χ4v) is 2.72. The molecule has 0 amide bonds. The Labute approximate surface area is 128 Å². The molecule has 0 spiro atoms. The lowest BCUT2D eigenvalue weighted by Crippen LogP contribution is -2.19. The molecule has 2 N–H and O–H groups in total. The zero-order valence-corrected chi connectivity index (χ0v) is 12.6. The van der Waals surface area contributed by atoms with Crippen LogP contribution in [0.5, 0.6) is 0 Å². The van der Waals surface area contributed by atoms with Gasteiger partial charge in [0.15, 0.2) is 11.6 Å². The number of aromatic amines is 1. The third-order valence-electron chi connectivity index (χ3n) is 4.18. The number of hydrogen-bond acceptors (Lipinski definition) is 6. The van der Waals surface area contributed by atoms with Gasteiger partial charge in [-0.2, -0.15) is 10.2 Å². The number of anilines is 1. The van der Waals surface area contributed by atoms with Crippen molar-refractivity contribution in [3.63, 3.8) is 0 Å². The van der Waals surface area contributed by atoms with Crippen LogP contribution in [0.2, 0.25) is 0 Å². The third kappa shape index (κ3) is 2.94. The lowest BCUT2D eigenvalue weighted by atomic mass is 10.2. The highest BCUT2D eigenvalue weighted by Crippen LogP contribution is 2.39. The fourth-order valence-electron chi connectivity index (χ4n) is 2.72. The molecule has 7 nitrogen and oxygen atoms in total. The van der Waals surface area contributed by atoms with Crippen molar-refractivity contribution in [2.24, 2.45) is 0 Å². The summed E-state index contributed by atoms with van der Waals surface area (Å²) in [6, 6.07) is 3.88. The number of aryl methyl sites for hydroxylation is 1. The summed E-state index contributed by atoms with van der Waals surface area (Å²) < 4.78 is 6.06. The molecular weight excluding hydrogens is 280 g/mol. The van der Waals surface area contributed by atoms with E-state index < -0.39 is 0 Å². The van der Waals surface area contributed by atoms with Gasteiger partial charge in [-0.3, -0.25) is 5.10 Å². The van der Waals surface area contributed by atoms with Gasteiger partial charge in [0.25, 0.3) is 0 Å². The van der Waals surface area contributed by atoms with Crippen LogP contribution >= 0.6 is 0 Å². The van der Waals surface area contributed by atoms with Gasteiger partial charge in [-0.1, -0.05) is 0 Å². The Morgan fingerprint density at radius 3 is 2.91 bits per heavy atom. The molecule has 0 radical (unpaired) electrons. The molecule has 1 aliphatic heterocycles. The normalized spacial score (nSPS) is 24.6. The Bertz CT molecular complexity index is 636. The van der Waals surface area contributed by atoms with E-state index in [2.05, 4.69) is 30.7 Å². The zero-order chi connectivity index (χ0) is 14.9. The number of H-pyrrole nitrogens is 1. The minimum absolute atomic E-state index is 0.0379. The summed E-state index contributed by atoms with van der Waals surface area (Å²) in [5, 5.41) is 18.8. The minimum atomic E-state index is 0.0379. The van der Waals surface area contributed by atoms with Crippen molar-refractivity contribution in [3.05, 3.63) is 29.5 Å². The van der Waals surface area contributed by atoms with Gasteiger partial charge in [0.2, 0.25) is 0 Å². The van der Waals surface area contributed by atoms with Crippen LogP contribution in [0.3, 0.4) is 0 Å². The average molecular weight is 300 g/mol. The van der Waals surface area contributed by atoms with E-state index in [1.54, 1.807) is 0 Å². The molecule has 4 rings (SSSR count). The Balaban J connectivity index is 1.30. The van der Waals surface area contributed by atoms with E-state index >= 15 is 0 Å². The first-order chi connectivity index (χ1) is 10.8. The Kier molecular flexibility index (Phi) is 3.49. The predicted molar refractivity (Wildman–Crippen MR) is 80.5 cm³/mol. The number of aromatic nitrogens is 5. The van der Waals surface area contributed by atoms with E-state index in [9.17, 15) is 0 Å². The topological polar surface area (TPSA) is 88.6 Å². The molecule has 1 aliphatic carbocycles. The Morgan fingerprint density at radius 2 is 2.14 bits per heavy atom. The van der Waals surface area contributed by atoms with Crippen molar-refractivity contribution in [3.8, 4) is 0 Å². The maximum atomic E-state index is 6.06. The second-order valence-electron chi connectivity index (χ2n) is 6.12. The van der Waals surface area contributed by atoms with Gasteiger partial charge in [0.05, 0.1) is 11.8 Å². The maximum Gasteiger partial charge on any atom is 0.153 e. The molecule has 1 saturated heterocycles. The smallest absolute Gasteiger partial charge is 0.153 e. The summed E-state index contributed by atoms with van der Waals surface area (Å²) in [6.45, 7) is 2.66. The minimum Gasteiger partial charge on any atom is -0.366 e. The van der Waals surface area contributed by atoms with Crippen LogP contribution in [-0.2, 0) is 4.74 Å². The van der Waals surface area contributed by atoms with Crippen LogP contribution in [0.15, 0.2) is 12.1 Å². The van der Waals surface area contributed by atoms with Crippen molar-refractivity contribution >= 4 is 5.82 Å². The quantitative estimate of drug-likeness (QED) is 0.879. The molecule has 2 atom stereocenters. The van der Waals surface area contributed by atoms with E-state index in [-0.39, 0.29) is 12.2 Å². The molecule has 2 fully saturated rings. The molecule has 0 aromatic carbocycles. The molecule has 7 heteroatoms. The number of hydrogen-bond donors (Lipinski definition) is 2. The van der Waals surface area contributed by atoms with Crippen LogP contribution in [0.4, 0.5) is 5.82 Å². The van der Waals surface area contributed by atoms with Crippen LogP contribution in [-0.4, -0.2) is 38.0 Å². The lowest BCUT2D eigenvalue weighted by molar-refractivity contribution is 0.0471. The van der Waals surface area contributed by atoms with Crippen molar-refractivity contribution in [1.29, 1.82) is 0 Å². The van der Waals surface area contributed by atoms with E-state index in [0.29, 0.717) is 5.92 Å². The molecule has 2 aromatic rings. The van der Waals surface area contributed by atoms with Gasteiger partial charge in [0, 0.05) is 12.5 Å². The highest BCUT2D eigenvalue weighted by molar-refractivity contribution is 5.32. The van der Waals surface area contributed by atoms with E-state index in [0.717, 1.165) is 42.5 Å². The van der Waals surface area contributed by atoms with Gasteiger partial charge in [0.1, 0.15) is 11.9 Å². The number of rotatable bonds is 5. The third-order valence-corrected chi connectivity index (χ3v) is 4.18. The van der Waals surface area contributed by atoms with Gasteiger partial charge < -0.3 is 10.1 Å². The molecule has 0 unspecified atom stereocenters. The summed E-state index contributed by atoms with van der Waals surface area (Å²) in [6.07, 6.45) is 4.63. The monoisotopic (exact) mass is 300 g/mol. The summed E-state index contributed by atoms with van der Waals surface area (Å²) in [5.74, 6) is 3.19. The van der Waals surface area contributed by atoms with Gasteiger partial charge in [-0.05, 0) is 44.7 Å². The van der Waals surface area contributed by atoms with Gasteiger partial charge >= 0.3 is 0 Å². The number of nitrogens with one attached hydrogen (secondary N) is 2. The van der Waals surface area contributed by atoms with Crippen molar-refractivity contribution < 1.29 is 4.74 Å². The first kappa shape index (κ1) is 13.6. The summed E-state index contributed by atoms with van der Waals surface area (Å²) in [5.41, 5.74) is 0.916. The maximum absolute atomic E-state index is 6.06. The molecule has 1 saturated carbocycles. The zero-order valence-electron chi connectivity index (χ0n) is 12.6. The second-order valence-corrected chi connectivity index (χ2v) is 6.12. The van der Waals surface area contributed by atoms with Crippen molar-refractivity contribution in [2.45, 2.75) is 50.7 Å². The molecule has 22 heavy (non-hydrogen) atoms. The highest BCUT2D eigenvalue weighted by Gasteiger charge is 2.32. The van der Waals surface area contributed by atoms with Crippen molar-refractivity contribution in [2.75, 3.05) is 11.9 Å². The van der Waals surface area contributed by atoms with Crippen LogP contribution in [0.25, 0.3) is 0 Å². The summed E-state index contributed by atoms with van der Waals surface area (Å²) in [4.78, 5) is 4.58. The number of ether oxygens (including phenoxy) is 1. The van der Waals surface area contributed by atoms with E-state index in [1.807, 2.05) is 19.1 Å². The molecule has 116 valence electrons. The van der Waals surface area contributed by atoms with Gasteiger partial charge in [-0.25, -0.2) is 4.98 Å². The highest BCUT2D eigenvalue weighted by atomic mass is 16.5. The molecule has 2 aromatic heterocycles. The summed E-state index contributed by atoms with van der Waals surface area (Å²) in [7, 11) is 0. The standard InChI is InChI=1S/C15H20N6O/c1-9-2-7-13(19-18-9)16-8-11-5-6-12(22-11)15-17-14(20-21-15)10-3-4-10/h2,7,10-12H,3-6,8H2,1H3,(H,16,19)(H,17,20,21)/t11-,12+/m1/s1. The van der Waals surface area contributed by atoms with Crippen LogP contribution < -0.4 is 5.32 Å². The molecule has 3 heterocycles. The number of nitrogens with zero attached hydrogens (tertiary/aromatic N) is 4. The fraction of sp³-hybridized carbons (Fsp3) is 0.600. The largest absolute Gasteiger partial charge is 0.366 e.